The molecule has 2 aliphatic rings. The highest BCUT2D eigenvalue weighted by Crippen LogP contribution is 2.34. The third-order valence-electron chi connectivity index (χ3n) is 4.02. The molecule has 3 N–H and O–H groups in total. The van der Waals surface area contributed by atoms with Gasteiger partial charge in [-0.05, 0) is 12.8 Å². The summed E-state index contributed by atoms with van der Waals surface area (Å²) in [4.78, 5) is 12.6. The molecule has 1 saturated heterocycles. The molecule has 9 heteroatoms. The first-order valence-electron chi connectivity index (χ1n) is 7.21. The van der Waals surface area contributed by atoms with Crippen molar-refractivity contribution in [1.82, 2.24) is 19.5 Å². The molecule has 3 heterocycles. The molecule has 2 fully saturated rings. The fourth-order valence-corrected chi connectivity index (χ4v) is 2.64. The Bertz CT molecular complexity index is 691. The number of nitrogens with zero attached hydrogens (tertiary/aromatic N) is 4. The molecule has 22 heavy (non-hydrogen) atoms. The van der Waals surface area contributed by atoms with E-state index in [1.165, 1.54) is 17.2 Å². The van der Waals surface area contributed by atoms with Gasteiger partial charge in [0.15, 0.2) is 29.4 Å². The highest BCUT2D eigenvalue weighted by Gasteiger charge is 2.45. The largest absolute Gasteiger partial charge is 0.394 e. The summed E-state index contributed by atoms with van der Waals surface area (Å²) < 4.78 is 21.1. The number of ether oxygens (including phenoxy) is 1. The van der Waals surface area contributed by atoms with Crippen molar-refractivity contribution < 1.29 is 19.3 Å². The van der Waals surface area contributed by atoms with Gasteiger partial charge in [-0.2, -0.15) is 0 Å². The summed E-state index contributed by atoms with van der Waals surface area (Å²) in [5, 5.41) is 22.1. The zero-order chi connectivity index (χ0) is 15.3. The number of nitrogens with one attached hydrogen (secondary N) is 1. The van der Waals surface area contributed by atoms with Gasteiger partial charge in [0.2, 0.25) is 0 Å². The molecule has 0 radical (unpaired) electrons. The summed E-state index contributed by atoms with van der Waals surface area (Å²) in [7, 11) is 0. The maximum absolute atomic E-state index is 14.2. The fraction of sp³-hybridized carbons (Fsp3) is 0.615. The van der Waals surface area contributed by atoms with Crippen LogP contribution < -0.4 is 5.32 Å². The number of aliphatic hydroxyl groups excluding tert-OH is 2. The molecule has 4 atom stereocenters. The van der Waals surface area contributed by atoms with Crippen molar-refractivity contribution in [2.75, 3.05) is 11.9 Å². The Morgan fingerprint density at radius 2 is 2.18 bits per heavy atom. The van der Waals surface area contributed by atoms with Gasteiger partial charge in [-0.1, -0.05) is 0 Å². The molecule has 1 aliphatic heterocycles. The van der Waals surface area contributed by atoms with Gasteiger partial charge in [-0.25, -0.2) is 19.3 Å². The summed E-state index contributed by atoms with van der Waals surface area (Å²) in [6.07, 6.45) is -0.0787. The van der Waals surface area contributed by atoms with Crippen molar-refractivity contribution in [1.29, 1.82) is 0 Å². The van der Waals surface area contributed by atoms with E-state index in [0.717, 1.165) is 12.8 Å². The van der Waals surface area contributed by atoms with Crippen LogP contribution >= 0.6 is 0 Å². The molecular weight excluding hydrogens is 293 g/mol. The maximum atomic E-state index is 14.2. The summed E-state index contributed by atoms with van der Waals surface area (Å²) in [5.74, 6) is 0.610. The lowest BCUT2D eigenvalue weighted by Gasteiger charge is -2.15. The molecule has 1 aliphatic carbocycles. The fourth-order valence-electron chi connectivity index (χ4n) is 2.64. The maximum Gasteiger partial charge on any atom is 0.173 e. The smallest absolute Gasteiger partial charge is 0.173 e. The lowest BCUT2D eigenvalue weighted by molar-refractivity contribution is -0.0459. The van der Waals surface area contributed by atoms with Crippen LogP contribution in [-0.2, 0) is 4.74 Å². The predicted octanol–water partition coefficient (Wildman–Crippen LogP) is -0.0107. The molecule has 1 saturated carbocycles. The first-order valence-corrected chi connectivity index (χ1v) is 7.21. The minimum absolute atomic E-state index is 0.403. The number of imidazole rings is 1. The Morgan fingerprint density at radius 1 is 1.36 bits per heavy atom. The average molecular weight is 309 g/mol. The number of anilines is 1. The lowest BCUT2D eigenvalue weighted by Crippen LogP contribution is -2.30. The molecule has 0 unspecified atom stereocenters. The molecule has 0 spiro atoms. The second-order valence-corrected chi connectivity index (χ2v) is 5.65. The van der Waals surface area contributed by atoms with Gasteiger partial charge in [0, 0.05) is 6.04 Å². The van der Waals surface area contributed by atoms with E-state index in [0.29, 0.717) is 23.0 Å². The van der Waals surface area contributed by atoms with Crippen LogP contribution in [0.25, 0.3) is 11.2 Å². The molecule has 2 aromatic rings. The summed E-state index contributed by atoms with van der Waals surface area (Å²) in [5.41, 5.74) is 0.962. The van der Waals surface area contributed by atoms with E-state index in [9.17, 15) is 9.50 Å². The molecule has 0 bridgehead atoms. The number of aromatic nitrogens is 4. The Hall–Kier alpha value is -1.84. The van der Waals surface area contributed by atoms with Crippen molar-refractivity contribution in [3.05, 3.63) is 12.7 Å². The highest BCUT2D eigenvalue weighted by atomic mass is 19.1. The normalized spacial score (nSPS) is 31.8. The van der Waals surface area contributed by atoms with E-state index in [-0.39, 0.29) is 0 Å². The summed E-state index contributed by atoms with van der Waals surface area (Å²) in [6.45, 7) is -0.450. The molecule has 118 valence electrons. The van der Waals surface area contributed by atoms with Crippen LogP contribution in [0.5, 0.6) is 0 Å². The number of halogens is 1. The first kappa shape index (κ1) is 13.8. The van der Waals surface area contributed by atoms with Crippen LogP contribution in [0.1, 0.15) is 19.1 Å². The van der Waals surface area contributed by atoms with Crippen LogP contribution in [0, 0.1) is 0 Å². The second-order valence-electron chi connectivity index (χ2n) is 5.65. The van der Waals surface area contributed by atoms with Crippen molar-refractivity contribution in [2.24, 2.45) is 0 Å². The molecule has 0 aromatic carbocycles. The average Bonchev–Trinajstić information content (AvgIpc) is 3.16. The Kier molecular flexibility index (Phi) is 3.21. The van der Waals surface area contributed by atoms with Crippen LogP contribution in [0.2, 0.25) is 0 Å². The number of hydrogen-bond donors (Lipinski definition) is 3. The van der Waals surface area contributed by atoms with E-state index in [2.05, 4.69) is 20.3 Å². The van der Waals surface area contributed by atoms with Gasteiger partial charge in [0.25, 0.3) is 0 Å². The standard InChI is InChI=1S/C13H16FN5O3/c14-8-10(21)7(3-20)22-13(8)19-5-17-9-11(18-6-1-2-6)15-4-16-12(9)19/h4-8,10,13,20-21H,1-3H2,(H,15,16,18)/t7-,8+,10-,13-/m0/s1. The first-order chi connectivity index (χ1) is 10.7. The van der Waals surface area contributed by atoms with Gasteiger partial charge < -0.3 is 20.3 Å². The van der Waals surface area contributed by atoms with Crippen molar-refractivity contribution in [3.63, 3.8) is 0 Å². The Labute approximate surface area is 125 Å². The third-order valence-corrected chi connectivity index (χ3v) is 4.02. The van der Waals surface area contributed by atoms with Gasteiger partial charge in [0.1, 0.15) is 18.5 Å². The molecule has 8 nitrogen and oxygen atoms in total. The van der Waals surface area contributed by atoms with Crippen molar-refractivity contribution in [2.45, 2.75) is 43.5 Å². The number of hydrogen-bond acceptors (Lipinski definition) is 7. The van der Waals surface area contributed by atoms with Crippen LogP contribution in [0.4, 0.5) is 10.2 Å². The van der Waals surface area contributed by atoms with E-state index < -0.39 is 31.2 Å². The predicted molar refractivity (Wildman–Crippen MR) is 73.9 cm³/mol. The van der Waals surface area contributed by atoms with Gasteiger partial charge >= 0.3 is 0 Å². The lowest BCUT2D eigenvalue weighted by atomic mass is 10.1. The molecule has 4 rings (SSSR count). The zero-order valence-corrected chi connectivity index (χ0v) is 11.6. The van der Waals surface area contributed by atoms with E-state index in [1.54, 1.807) is 0 Å². The topological polar surface area (TPSA) is 105 Å². The molecule has 0 amide bonds. The quantitative estimate of drug-likeness (QED) is 0.729. The number of rotatable bonds is 4. The van der Waals surface area contributed by atoms with Gasteiger partial charge in [0.05, 0.1) is 12.9 Å². The number of alkyl halides is 1. The minimum Gasteiger partial charge on any atom is -0.394 e. The highest BCUT2D eigenvalue weighted by molar-refractivity contribution is 5.83. The van der Waals surface area contributed by atoms with Crippen LogP contribution in [0.3, 0.4) is 0 Å². The summed E-state index contributed by atoms with van der Waals surface area (Å²) in [6, 6.07) is 0.403. The molecule has 2 aromatic heterocycles. The number of fused-ring (bicyclic) bond motifs is 1. The van der Waals surface area contributed by atoms with E-state index in [1.807, 2.05) is 0 Å². The monoisotopic (exact) mass is 309 g/mol. The Balaban J connectivity index is 1.70. The zero-order valence-electron chi connectivity index (χ0n) is 11.6. The van der Waals surface area contributed by atoms with Crippen molar-refractivity contribution in [3.8, 4) is 0 Å². The number of aliphatic hydroxyl groups is 2. The SMILES string of the molecule is OC[C@@H]1O[C@H](n2cnc3c(NC4CC4)ncnc32)[C@H](F)[C@H]1O. The molecular formula is C13H16FN5O3. The van der Waals surface area contributed by atoms with E-state index in [4.69, 9.17) is 9.84 Å². The van der Waals surface area contributed by atoms with Crippen molar-refractivity contribution >= 4 is 17.0 Å². The Morgan fingerprint density at radius 3 is 2.86 bits per heavy atom. The third kappa shape index (κ3) is 2.13. The van der Waals surface area contributed by atoms with Crippen LogP contribution in [0.15, 0.2) is 12.7 Å². The van der Waals surface area contributed by atoms with E-state index >= 15 is 0 Å². The van der Waals surface area contributed by atoms with Gasteiger partial charge in [-0.3, -0.25) is 4.57 Å². The summed E-state index contributed by atoms with van der Waals surface area (Å²) >= 11 is 0. The second kappa shape index (κ2) is 5.11. The van der Waals surface area contributed by atoms with Gasteiger partial charge in [-0.15, -0.1) is 0 Å². The minimum atomic E-state index is -1.66. The van der Waals surface area contributed by atoms with Crippen LogP contribution in [-0.4, -0.2) is 60.8 Å².